The number of carbonyl (C=O) groups is 4. The number of nitrogens with one attached hydrogen (secondary N) is 1. The molecule has 8 nitrogen and oxygen atoms in total. The van der Waals surface area contributed by atoms with E-state index < -0.39 is 18.5 Å². The van der Waals surface area contributed by atoms with Crippen LogP contribution in [0.15, 0.2) is 60.7 Å². The van der Waals surface area contributed by atoms with Gasteiger partial charge in [-0.15, -0.1) is 0 Å². The molecule has 170 valence electrons. The Morgan fingerprint density at radius 3 is 2.12 bits per heavy atom. The van der Waals surface area contributed by atoms with Gasteiger partial charge in [-0.2, -0.15) is 0 Å². The molecule has 8 heteroatoms. The van der Waals surface area contributed by atoms with Crippen molar-refractivity contribution in [2.24, 2.45) is 11.8 Å². The summed E-state index contributed by atoms with van der Waals surface area (Å²) in [5, 5.41) is 2.64. The number of carbonyl (C=O) groups excluding carboxylic acids is 4. The van der Waals surface area contributed by atoms with E-state index in [9.17, 15) is 19.2 Å². The van der Waals surface area contributed by atoms with E-state index in [2.05, 4.69) is 5.32 Å². The number of ether oxygens (including phenoxy) is 2. The molecular weight excluding hydrogens is 424 g/mol. The maximum absolute atomic E-state index is 12.7. The number of fused-ring (bicyclic) bond motifs is 1. The first-order valence-corrected chi connectivity index (χ1v) is 10.8. The van der Waals surface area contributed by atoms with Crippen molar-refractivity contribution in [3.8, 4) is 5.75 Å². The van der Waals surface area contributed by atoms with Crippen LogP contribution in [0.25, 0.3) is 0 Å². The summed E-state index contributed by atoms with van der Waals surface area (Å²) in [7, 11) is 0. The predicted molar refractivity (Wildman–Crippen MR) is 121 cm³/mol. The Balaban J connectivity index is 1.31. The number of rotatable bonds is 7. The third-order valence-electron chi connectivity index (χ3n) is 5.65. The Morgan fingerprint density at radius 2 is 1.55 bits per heavy atom. The largest absolute Gasteiger partial charge is 0.494 e. The van der Waals surface area contributed by atoms with Crippen molar-refractivity contribution in [3.05, 3.63) is 66.2 Å². The predicted octanol–water partition coefficient (Wildman–Crippen LogP) is 3.34. The van der Waals surface area contributed by atoms with E-state index in [1.54, 1.807) is 24.3 Å². The van der Waals surface area contributed by atoms with Gasteiger partial charge in [0.2, 0.25) is 11.8 Å². The highest BCUT2D eigenvalue weighted by molar-refractivity contribution is 6.22. The lowest BCUT2D eigenvalue weighted by molar-refractivity contribution is -0.122. The highest BCUT2D eigenvalue weighted by Crippen LogP contribution is 2.37. The molecule has 0 spiro atoms. The summed E-state index contributed by atoms with van der Waals surface area (Å²) in [5.74, 6) is -1.53. The van der Waals surface area contributed by atoms with Crippen molar-refractivity contribution in [2.45, 2.75) is 19.8 Å². The third-order valence-corrected chi connectivity index (χ3v) is 5.65. The lowest BCUT2D eigenvalue weighted by Crippen LogP contribution is -2.30. The van der Waals surface area contributed by atoms with Crippen LogP contribution in [0.5, 0.6) is 5.75 Å². The maximum atomic E-state index is 12.7. The second kappa shape index (κ2) is 9.68. The fourth-order valence-electron chi connectivity index (χ4n) is 4.01. The molecule has 0 unspecified atom stereocenters. The van der Waals surface area contributed by atoms with E-state index in [1.807, 2.05) is 19.1 Å². The molecule has 0 saturated carbocycles. The van der Waals surface area contributed by atoms with E-state index in [4.69, 9.17) is 9.47 Å². The van der Waals surface area contributed by atoms with Crippen molar-refractivity contribution in [1.82, 2.24) is 0 Å². The number of imide groups is 1. The summed E-state index contributed by atoms with van der Waals surface area (Å²) in [6.07, 6.45) is 4.99. The number of allylic oxidation sites excluding steroid dienone is 2. The van der Waals surface area contributed by atoms with E-state index in [1.165, 1.54) is 29.2 Å². The van der Waals surface area contributed by atoms with Crippen LogP contribution in [-0.2, 0) is 19.1 Å². The fraction of sp³-hybridized carbons (Fsp3) is 0.280. The van der Waals surface area contributed by atoms with Gasteiger partial charge >= 0.3 is 5.97 Å². The van der Waals surface area contributed by atoms with Crippen molar-refractivity contribution in [3.63, 3.8) is 0 Å². The van der Waals surface area contributed by atoms with Gasteiger partial charge in [0.15, 0.2) is 6.61 Å². The molecule has 1 N–H and O–H groups in total. The highest BCUT2D eigenvalue weighted by atomic mass is 16.5. The smallest absolute Gasteiger partial charge is 0.338 e. The molecule has 2 aromatic carbocycles. The Morgan fingerprint density at radius 1 is 0.939 bits per heavy atom. The molecular formula is C25H24N2O6. The van der Waals surface area contributed by atoms with Crippen LogP contribution >= 0.6 is 0 Å². The molecule has 2 aromatic rings. The van der Waals surface area contributed by atoms with Gasteiger partial charge in [0.25, 0.3) is 5.91 Å². The minimum atomic E-state index is -0.680. The molecule has 1 heterocycles. The lowest BCUT2D eigenvalue weighted by Gasteiger charge is -2.15. The molecule has 0 aromatic heterocycles. The van der Waals surface area contributed by atoms with Gasteiger partial charge < -0.3 is 14.8 Å². The Bertz CT molecular complexity index is 1060. The number of benzene rings is 2. The molecule has 3 amide bonds. The quantitative estimate of drug-likeness (QED) is 0.396. The van der Waals surface area contributed by atoms with Gasteiger partial charge in [-0.05, 0) is 68.3 Å². The standard InChI is InChI=1S/C25H24N2O6/c1-2-32-19-13-9-17(10-14-19)26-22(28)15-33-25(31)16-7-11-18(12-8-16)27-23(29)20-5-3-4-6-21(20)24(27)30/h3-4,7-14,20-21H,2,5-6,15H2,1H3,(H,26,28)/t20-,21+. The van der Waals surface area contributed by atoms with Crippen LogP contribution in [0.4, 0.5) is 11.4 Å². The first-order chi connectivity index (χ1) is 16.0. The third kappa shape index (κ3) is 4.79. The zero-order chi connectivity index (χ0) is 23.4. The van der Waals surface area contributed by atoms with Gasteiger partial charge in [-0.3, -0.25) is 19.3 Å². The Labute approximate surface area is 191 Å². The van der Waals surface area contributed by atoms with Gasteiger partial charge in [0, 0.05) is 5.69 Å². The molecule has 2 aliphatic rings. The highest BCUT2D eigenvalue weighted by Gasteiger charge is 2.47. The number of hydrogen-bond acceptors (Lipinski definition) is 6. The van der Waals surface area contributed by atoms with Crippen LogP contribution in [0, 0.1) is 11.8 Å². The molecule has 1 aliphatic carbocycles. The minimum absolute atomic E-state index is 0.212. The second-order valence-electron chi connectivity index (χ2n) is 7.80. The molecule has 1 saturated heterocycles. The van der Waals surface area contributed by atoms with E-state index in [-0.39, 0.29) is 29.2 Å². The van der Waals surface area contributed by atoms with Crippen molar-refractivity contribution in [2.75, 3.05) is 23.4 Å². The molecule has 0 bridgehead atoms. The number of anilines is 2. The molecule has 1 fully saturated rings. The summed E-state index contributed by atoms with van der Waals surface area (Å²) in [6.45, 7) is 1.98. The summed E-state index contributed by atoms with van der Waals surface area (Å²) in [6, 6.07) is 12.9. The van der Waals surface area contributed by atoms with Gasteiger partial charge in [-0.25, -0.2) is 4.79 Å². The lowest BCUT2D eigenvalue weighted by atomic mass is 9.85. The van der Waals surface area contributed by atoms with Crippen LogP contribution < -0.4 is 15.0 Å². The molecule has 0 radical (unpaired) electrons. The van der Waals surface area contributed by atoms with Crippen LogP contribution in [0.3, 0.4) is 0 Å². The Hall–Kier alpha value is -3.94. The number of amides is 3. The fourth-order valence-corrected chi connectivity index (χ4v) is 4.01. The maximum Gasteiger partial charge on any atom is 0.338 e. The number of nitrogens with zero attached hydrogens (tertiary/aromatic N) is 1. The van der Waals surface area contributed by atoms with E-state index in [0.717, 1.165) is 0 Å². The summed E-state index contributed by atoms with van der Waals surface area (Å²) < 4.78 is 10.4. The van der Waals surface area contributed by atoms with Crippen LogP contribution in [0.2, 0.25) is 0 Å². The zero-order valence-corrected chi connectivity index (χ0v) is 18.2. The van der Waals surface area contributed by atoms with Gasteiger partial charge in [0.05, 0.1) is 29.7 Å². The first kappa shape index (κ1) is 22.3. The average molecular weight is 448 g/mol. The SMILES string of the molecule is CCOc1ccc(NC(=O)COC(=O)c2ccc(N3C(=O)[C@H]4CC=CC[C@H]4C3=O)cc2)cc1. The molecule has 2 atom stereocenters. The molecule has 4 rings (SSSR count). The van der Waals surface area contributed by atoms with Gasteiger partial charge in [-0.1, -0.05) is 12.2 Å². The van der Waals surface area contributed by atoms with Crippen LogP contribution in [0.1, 0.15) is 30.1 Å². The van der Waals surface area contributed by atoms with Crippen molar-refractivity contribution in [1.29, 1.82) is 0 Å². The summed E-state index contributed by atoms with van der Waals surface area (Å²) in [5.41, 5.74) is 1.19. The van der Waals surface area contributed by atoms with Gasteiger partial charge in [0.1, 0.15) is 5.75 Å². The Kier molecular flexibility index (Phi) is 6.53. The normalized spacial score (nSPS) is 19.2. The van der Waals surface area contributed by atoms with Crippen LogP contribution in [-0.4, -0.2) is 36.9 Å². The van der Waals surface area contributed by atoms with E-state index in [0.29, 0.717) is 36.6 Å². The summed E-state index contributed by atoms with van der Waals surface area (Å²) >= 11 is 0. The van der Waals surface area contributed by atoms with Crippen molar-refractivity contribution < 1.29 is 28.7 Å². The zero-order valence-electron chi connectivity index (χ0n) is 18.2. The number of hydrogen-bond donors (Lipinski definition) is 1. The van der Waals surface area contributed by atoms with Crippen molar-refractivity contribution >= 4 is 35.1 Å². The number of esters is 1. The topological polar surface area (TPSA) is 102 Å². The second-order valence-corrected chi connectivity index (χ2v) is 7.80. The average Bonchev–Trinajstić information content (AvgIpc) is 3.09. The summed E-state index contributed by atoms with van der Waals surface area (Å²) in [4.78, 5) is 50.9. The van der Waals surface area contributed by atoms with E-state index >= 15 is 0 Å². The minimum Gasteiger partial charge on any atom is -0.494 e. The molecule has 33 heavy (non-hydrogen) atoms. The monoisotopic (exact) mass is 448 g/mol. The molecule has 1 aliphatic heterocycles. The first-order valence-electron chi connectivity index (χ1n) is 10.8.